The Morgan fingerprint density at radius 2 is 1.77 bits per heavy atom. The summed E-state index contributed by atoms with van der Waals surface area (Å²) in [5, 5.41) is 12.3. The number of carbonyl (C=O) groups is 2. The normalized spacial score (nSPS) is 14.8. The Bertz CT molecular complexity index is 1120. The molecule has 3 heterocycles. The van der Waals surface area contributed by atoms with Gasteiger partial charge in [-0.25, -0.2) is 0 Å². The summed E-state index contributed by atoms with van der Waals surface area (Å²) in [4.78, 5) is 29.1. The predicted octanol–water partition coefficient (Wildman–Crippen LogP) is 2.74. The Hall–Kier alpha value is -3.11. The van der Waals surface area contributed by atoms with Crippen LogP contribution in [0.1, 0.15) is 26.3 Å². The second-order valence-corrected chi connectivity index (χ2v) is 10.5. The Morgan fingerprint density at radius 1 is 1.03 bits per heavy atom. The van der Waals surface area contributed by atoms with Gasteiger partial charge in [-0.3, -0.25) is 19.1 Å². The van der Waals surface area contributed by atoms with Crippen LogP contribution in [0.15, 0.2) is 58.3 Å². The summed E-state index contributed by atoms with van der Waals surface area (Å²) in [6, 6.07) is 13.7. The molecule has 0 aliphatic carbocycles. The van der Waals surface area contributed by atoms with E-state index in [0.717, 1.165) is 5.56 Å². The number of rotatable bonds is 8. The molecule has 1 N–H and O–H groups in total. The molecule has 0 radical (unpaired) electrons. The van der Waals surface area contributed by atoms with Crippen LogP contribution in [0.3, 0.4) is 0 Å². The molecule has 35 heavy (non-hydrogen) atoms. The molecule has 0 bridgehead atoms. The van der Waals surface area contributed by atoms with E-state index >= 15 is 0 Å². The number of nitrogens with one attached hydrogen (secondary N) is 1. The van der Waals surface area contributed by atoms with Crippen molar-refractivity contribution in [2.45, 2.75) is 38.0 Å². The summed E-state index contributed by atoms with van der Waals surface area (Å²) in [5.41, 5.74) is 0.865. The van der Waals surface area contributed by atoms with Crippen LogP contribution in [-0.2, 0) is 16.1 Å². The molecule has 0 unspecified atom stereocenters. The van der Waals surface area contributed by atoms with E-state index in [2.05, 4.69) is 20.4 Å². The molecule has 1 aliphatic heterocycles. The number of carbonyl (C=O) groups excluding carboxylic acids is 2. The number of hydrogen-bond donors (Lipinski definition) is 1. The lowest BCUT2D eigenvalue weighted by molar-refractivity contribution is -0.130. The summed E-state index contributed by atoms with van der Waals surface area (Å²) in [6.45, 7) is 9.42. The maximum Gasteiger partial charge on any atom is 0.234 e. The van der Waals surface area contributed by atoms with Crippen molar-refractivity contribution in [3.8, 4) is 11.6 Å². The molecule has 1 fully saturated rings. The van der Waals surface area contributed by atoms with Gasteiger partial charge in [0.1, 0.15) is 0 Å². The van der Waals surface area contributed by atoms with Crippen molar-refractivity contribution < 1.29 is 14.0 Å². The molecular weight excluding hydrogens is 464 g/mol. The van der Waals surface area contributed by atoms with Crippen LogP contribution in [0, 0.1) is 0 Å². The number of thioether (sulfide) groups is 1. The molecule has 4 rings (SSSR count). The first-order chi connectivity index (χ1) is 16.8. The monoisotopic (exact) mass is 496 g/mol. The number of benzene rings is 1. The lowest BCUT2D eigenvalue weighted by Gasteiger charge is -2.34. The summed E-state index contributed by atoms with van der Waals surface area (Å²) in [5.74, 6) is 1.62. The standard InChI is InChI=1S/C25H32N6O3S/c1-25(2,3)26-21(32)17-29-11-13-30(14-12-29)22(33)18-35-24-28-27-23(20-10-7-15-34-20)31(24)16-19-8-5-4-6-9-19/h4-10,15H,11-14,16-18H2,1-3H3,(H,26,32). The molecule has 0 saturated carbocycles. The van der Waals surface area contributed by atoms with Crippen LogP contribution in [0.25, 0.3) is 11.6 Å². The first-order valence-corrected chi connectivity index (χ1v) is 12.7. The Morgan fingerprint density at radius 3 is 2.43 bits per heavy atom. The second kappa shape index (κ2) is 11.1. The van der Waals surface area contributed by atoms with E-state index in [4.69, 9.17) is 4.42 Å². The quantitative estimate of drug-likeness (QED) is 0.479. The van der Waals surface area contributed by atoms with E-state index in [1.54, 1.807) is 6.26 Å². The van der Waals surface area contributed by atoms with Crippen LogP contribution in [0.2, 0.25) is 0 Å². The molecular formula is C25H32N6O3S. The van der Waals surface area contributed by atoms with Gasteiger partial charge >= 0.3 is 0 Å². The number of amides is 2. The highest BCUT2D eigenvalue weighted by molar-refractivity contribution is 7.99. The summed E-state index contributed by atoms with van der Waals surface area (Å²) in [6.07, 6.45) is 1.61. The fourth-order valence-corrected chi connectivity index (χ4v) is 4.77. The van der Waals surface area contributed by atoms with Gasteiger partial charge < -0.3 is 14.6 Å². The molecule has 2 amide bonds. The Kier molecular flexibility index (Phi) is 7.92. The zero-order valence-corrected chi connectivity index (χ0v) is 21.3. The van der Waals surface area contributed by atoms with Gasteiger partial charge in [-0.2, -0.15) is 0 Å². The largest absolute Gasteiger partial charge is 0.461 e. The van der Waals surface area contributed by atoms with Gasteiger partial charge in [0.05, 0.1) is 25.1 Å². The van der Waals surface area contributed by atoms with Gasteiger partial charge in [0, 0.05) is 31.7 Å². The third-order valence-corrected chi connectivity index (χ3v) is 6.52. The predicted molar refractivity (Wildman–Crippen MR) is 135 cm³/mol. The second-order valence-electron chi connectivity index (χ2n) is 9.60. The van der Waals surface area contributed by atoms with E-state index in [0.29, 0.717) is 56.0 Å². The molecule has 9 nitrogen and oxygen atoms in total. The van der Waals surface area contributed by atoms with Crippen molar-refractivity contribution in [3.05, 3.63) is 54.3 Å². The maximum absolute atomic E-state index is 12.9. The first-order valence-electron chi connectivity index (χ1n) is 11.7. The molecule has 2 aromatic heterocycles. The van der Waals surface area contributed by atoms with Crippen LogP contribution in [0.5, 0.6) is 0 Å². The van der Waals surface area contributed by atoms with E-state index in [-0.39, 0.29) is 23.1 Å². The Balaban J connectivity index is 1.34. The van der Waals surface area contributed by atoms with Crippen molar-refractivity contribution in [2.75, 3.05) is 38.5 Å². The van der Waals surface area contributed by atoms with Crippen molar-refractivity contribution >= 4 is 23.6 Å². The first kappa shape index (κ1) is 25.0. The van der Waals surface area contributed by atoms with Gasteiger partial charge in [0.15, 0.2) is 10.9 Å². The fourth-order valence-electron chi connectivity index (χ4n) is 3.93. The number of hydrogen-bond acceptors (Lipinski definition) is 7. The van der Waals surface area contributed by atoms with E-state index in [1.165, 1.54) is 11.8 Å². The highest BCUT2D eigenvalue weighted by atomic mass is 32.2. The molecule has 3 aromatic rings. The molecule has 1 saturated heterocycles. The summed E-state index contributed by atoms with van der Waals surface area (Å²) < 4.78 is 7.54. The zero-order valence-electron chi connectivity index (χ0n) is 20.4. The van der Waals surface area contributed by atoms with E-state index in [1.807, 2.05) is 72.7 Å². The minimum absolute atomic E-state index is 0.0120. The minimum Gasteiger partial charge on any atom is -0.461 e. The van der Waals surface area contributed by atoms with Gasteiger partial charge in [-0.1, -0.05) is 42.1 Å². The van der Waals surface area contributed by atoms with Crippen LogP contribution < -0.4 is 5.32 Å². The van der Waals surface area contributed by atoms with Crippen molar-refractivity contribution in [1.29, 1.82) is 0 Å². The van der Waals surface area contributed by atoms with E-state index in [9.17, 15) is 9.59 Å². The summed E-state index contributed by atoms with van der Waals surface area (Å²) in [7, 11) is 0. The SMILES string of the molecule is CC(C)(C)NC(=O)CN1CCN(C(=O)CSc2nnc(-c3ccco3)n2Cc2ccccc2)CC1. The number of furan rings is 1. The topological polar surface area (TPSA) is 96.5 Å². The Labute approximate surface area is 209 Å². The van der Waals surface area contributed by atoms with E-state index < -0.39 is 0 Å². The van der Waals surface area contributed by atoms with Crippen molar-refractivity contribution in [3.63, 3.8) is 0 Å². The molecule has 0 spiro atoms. The number of piperazine rings is 1. The highest BCUT2D eigenvalue weighted by Gasteiger charge is 2.25. The van der Waals surface area contributed by atoms with Gasteiger partial charge in [0.25, 0.3) is 0 Å². The van der Waals surface area contributed by atoms with Crippen LogP contribution in [0.4, 0.5) is 0 Å². The van der Waals surface area contributed by atoms with Crippen molar-refractivity contribution in [2.24, 2.45) is 0 Å². The van der Waals surface area contributed by atoms with Crippen LogP contribution >= 0.6 is 11.8 Å². The third kappa shape index (κ3) is 6.95. The zero-order chi connectivity index (χ0) is 24.8. The van der Waals surface area contributed by atoms with Crippen molar-refractivity contribution in [1.82, 2.24) is 29.9 Å². The molecule has 186 valence electrons. The smallest absolute Gasteiger partial charge is 0.234 e. The third-order valence-electron chi connectivity index (χ3n) is 5.57. The summed E-state index contributed by atoms with van der Waals surface area (Å²) >= 11 is 1.38. The molecule has 1 aliphatic rings. The average Bonchev–Trinajstić information content (AvgIpc) is 3.47. The lowest BCUT2D eigenvalue weighted by Crippen LogP contribution is -2.53. The molecule has 1 aromatic carbocycles. The highest BCUT2D eigenvalue weighted by Crippen LogP contribution is 2.26. The van der Waals surface area contributed by atoms with Gasteiger partial charge in [-0.05, 0) is 38.5 Å². The fraction of sp³-hybridized carbons (Fsp3) is 0.440. The average molecular weight is 497 g/mol. The molecule has 0 atom stereocenters. The number of aromatic nitrogens is 3. The minimum atomic E-state index is -0.246. The molecule has 10 heteroatoms. The van der Waals surface area contributed by atoms with Gasteiger partial charge in [-0.15, -0.1) is 10.2 Å². The van der Waals surface area contributed by atoms with Gasteiger partial charge in [0.2, 0.25) is 17.6 Å². The number of nitrogens with zero attached hydrogens (tertiary/aromatic N) is 5. The maximum atomic E-state index is 12.9. The lowest BCUT2D eigenvalue weighted by atomic mass is 10.1. The van der Waals surface area contributed by atoms with Crippen LogP contribution in [-0.4, -0.2) is 80.4 Å².